The van der Waals surface area contributed by atoms with Gasteiger partial charge >= 0.3 is 19.5 Å². The molecule has 3 nitrogen and oxygen atoms in total. The van der Waals surface area contributed by atoms with Crippen LogP contribution >= 0.6 is 35.6 Å². The summed E-state index contributed by atoms with van der Waals surface area (Å²) in [6.45, 7) is 0. The Kier molecular flexibility index (Phi) is 540. The molecular weight excluding hydrogens is 255 g/mol. The second-order valence-electron chi connectivity index (χ2n) is 0. The molecule has 0 atom stereocenters. The molecule has 7 heavy (non-hydrogen) atoms. The first kappa shape index (κ1) is 23.8. The molecule has 0 aliphatic carbocycles. The van der Waals surface area contributed by atoms with E-state index >= 15 is 0 Å². The van der Waals surface area contributed by atoms with Crippen molar-refractivity contribution < 1.29 is 33.5 Å². The average molecular weight is 255 g/mol. The van der Waals surface area contributed by atoms with Gasteiger partial charge in [0.15, 0.2) is 0 Å². The fourth-order valence-corrected chi connectivity index (χ4v) is 0. The second-order valence-corrected chi connectivity index (χ2v) is 0. The van der Waals surface area contributed by atoms with Gasteiger partial charge in [-0.3, -0.25) is 0 Å². The molecule has 0 rings (SSSR count). The maximum absolute atomic E-state index is 7.72. The Balaban J connectivity index is -0.00000000900. The van der Waals surface area contributed by atoms with Crippen molar-refractivity contribution in [3.63, 3.8) is 0 Å². The molecule has 0 N–H and O–H groups in total. The van der Waals surface area contributed by atoms with Crippen molar-refractivity contribution in [3.05, 3.63) is 0 Å². The average Bonchev–Trinajstić information content (AvgIpc) is 1.81. The number of hydrogen-bond donors (Lipinski definition) is 0. The molecule has 0 aliphatic rings. The molecule has 0 unspecified atom stereocenters. The van der Waals surface area contributed by atoms with Gasteiger partial charge in [-0.05, 0) is 0 Å². The van der Waals surface area contributed by atoms with E-state index in [4.69, 9.17) is 14.0 Å². The van der Waals surface area contributed by atoms with E-state index < -0.39 is 0 Å². The van der Waals surface area contributed by atoms with Crippen LogP contribution in [0.2, 0.25) is 0 Å². The van der Waals surface area contributed by atoms with E-state index in [9.17, 15) is 0 Å². The summed E-state index contributed by atoms with van der Waals surface area (Å²) >= 11 is 10.2. The van der Waals surface area contributed by atoms with Crippen molar-refractivity contribution >= 4 is 35.6 Å². The van der Waals surface area contributed by atoms with Crippen LogP contribution in [0.15, 0.2) is 0 Å². The molecule has 0 aromatic rings. The van der Waals surface area contributed by atoms with Crippen molar-refractivity contribution in [2.24, 2.45) is 0 Å². The molecule has 0 amide bonds. The molecule has 0 aromatic heterocycles. The summed E-state index contributed by atoms with van der Waals surface area (Å²) in [4.78, 5) is 0. The van der Waals surface area contributed by atoms with E-state index in [0.717, 1.165) is 0 Å². The van der Waals surface area contributed by atoms with Gasteiger partial charge in [-0.2, -0.15) is 0 Å². The largest absolute Gasteiger partial charge is 3.00 e. The van der Waals surface area contributed by atoms with Crippen molar-refractivity contribution in [1.82, 2.24) is 0 Å². The quantitative estimate of drug-likeness (QED) is 0.495. The fourth-order valence-electron chi connectivity index (χ4n) is 0. The Morgan fingerprint density at radius 1 is 0.571 bits per heavy atom. The summed E-state index contributed by atoms with van der Waals surface area (Å²) in [5, 5.41) is 0. The maximum Gasteiger partial charge on any atom is 3.00 e. The Morgan fingerprint density at radius 2 is 0.571 bits per heavy atom. The Hall–Kier alpha value is 1.37. The molecule has 0 aliphatic heterocycles. The summed E-state index contributed by atoms with van der Waals surface area (Å²) in [6.07, 6.45) is 0. The van der Waals surface area contributed by atoms with Crippen molar-refractivity contribution in [1.29, 1.82) is 0 Å². The Morgan fingerprint density at radius 3 is 0.571 bits per heavy atom. The molecule has 0 aromatic carbocycles. The summed E-state index contributed by atoms with van der Waals surface area (Å²) < 4.78 is 23.2. The van der Waals surface area contributed by atoms with Crippen molar-refractivity contribution in [2.45, 2.75) is 0 Å². The van der Waals surface area contributed by atoms with E-state index in [1.165, 1.54) is 0 Å². The fraction of sp³-hybridized carbons (Fsp3) is 0. The van der Waals surface area contributed by atoms with Crippen LogP contribution in [0.4, 0.5) is 0 Å². The first-order valence-electron chi connectivity index (χ1n) is 0.463. The summed E-state index contributed by atoms with van der Waals surface area (Å²) in [7, 11) is 0. The van der Waals surface area contributed by atoms with E-state index in [1.807, 2.05) is 0 Å². The summed E-state index contributed by atoms with van der Waals surface area (Å²) in [6, 6.07) is 0. The first-order chi connectivity index (χ1) is 3.00. The third kappa shape index (κ3) is 113. The molecule has 0 bridgehead atoms. The molecule has 47 valence electrons. The van der Waals surface area contributed by atoms with Crippen molar-refractivity contribution in [2.75, 3.05) is 0 Å². The maximum atomic E-state index is 7.72. The van der Waals surface area contributed by atoms with Gasteiger partial charge in [0.05, 0.1) is 0 Å². The number of halogens is 3. The van der Waals surface area contributed by atoms with Crippen molar-refractivity contribution in [3.8, 4) is 0 Å². The standard InChI is InChI=1S/3ClO.Ru/c3*1-2;/q3*-1;+3. The van der Waals surface area contributed by atoms with E-state index in [2.05, 4.69) is 35.6 Å². The zero-order valence-electron chi connectivity index (χ0n) is 2.71. The molecule has 0 heterocycles. The number of rotatable bonds is 0. The topological polar surface area (TPSA) is 69.2 Å². The molecule has 0 saturated heterocycles. The third-order valence-corrected chi connectivity index (χ3v) is 0. The van der Waals surface area contributed by atoms with Crippen LogP contribution in [-0.2, 0) is 19.5 Å². The second kappa shape index (κ2) is 159. The van der Waals surface area contributed by atoms with Crippen LogP contribution in [0, 0.1) is 0 Å². The summed E-state index contributed by atoms with van der Waals surface area (Å²) in [5.74, 6) is 0. The van der Waals surface area contributed by atoms with Crippen LogP contribution < -0.4 is 14.0 Å². The summed E-state index contributed by atoms with van der Waals surface area (Å²) in [5.41, 5.74) is 0. The van der Waals surface area contributed by atoms with Gasteiger partial charge in [0.1, 0.15) is 0 Å². The van der Waals surface area contributed by atoms with Crippen LogP contribution in [0.1, 0.15) is 0 Å². The number of hydrogen-bond acceptors (Lipinski definition) is 3. The van der Waals surface area contributed by atoms with Gasteiger partial charge in [-0.1, -0.05) is 0 Å². The zero-order chi connectivity index (χ0) is 6.00. The molecular formula is Cl3O3Ru. The molecule has 7 heteroatoms. The van der Waals surface area contributed by atoms with Gasteiger partial charge in [0.25, 0.3) is 0 Å². The van der Waals surface area contributed by atoms with Gasteiger partial charge in [-0.25, -0.2) is 35.6 Å². The van der Waals surface area contributed by atoms with Gasteiger partial charge < -0.3 is 14.0 Å². The molecule has 1 radical (unpaired) electrons. The zero-order valence-corrected chi connectivity index (χ0v) is 6.72. The van der Waals surface area contributed by atoms with E-state index in [-0.39, 0.29) is 19.5 Å². The van der Waals surface area contributed by atoms with Crippen LogP contribution in [0.25, 0.3) is 0 Å². The van der Waals surface area contributed by atoms with E-state index in [0.29, 0.717) is 0 Å². The minimum absolute atomic E-state index is 0. The van der Waals surface area contributed by atoms with Gasteiger partial charge in [-0.15, -0.1) is 0 Å². The Bertz CT molecular complexity index is 10.1. The monoisotopic (exact) mass is 255 g/mol. The van der Waals surface area contributed by atoms with Gasteiger partial charge in [0.2, 0.25) is 0 Å². The molecule has 0 fully saturated rings. The third-order valence-electron chi connectivity index (χ3n) is 0. The van der Waals surface area contributed by atoms with Crippen LogP contribution in [0.3, 0.4) is 0 Å². The Labute approximate surface area is 69.1 Å². The first-order valence-corrected chi connectivity index (χ1v) is 1.39. The normalized spacial score (nSPS) is 2.57. The predicted molar refractivity (Wildman–Crippen MR) is 17.6 cm³/mol. The van der Waals surface area contributed by atoms with E-state index in [1.54, 1.807) is 0 Å². The minimum atomic E-state index is 0. The van der Waals surface area contributed by atoms with Crippen LogP contribution in [0.5, 0.6) is 0 Å². The van der Waals surface area contributed by atoms with Gasteiger partial charge in [0, 0.05) is 0 Å². The van der Waals surface area contributed by atoms with Crippen LogP contribution in [-0.4, -0.2) is 0 Å². The minimum Gasteiger partial charge on any atom is -0.769 e. The molecule has 0 spiro atoms. The SMILES string of the molecule is [O-]Cl.[O-]Cl.[O-]Cl.[Ru+3]. The smallest absolute Gasteiger partial charge is 0.769 e. The predicted octanol–water partition coefficient (Wildman–Crippen LogP) is -1.50. The molecule has 0 saturated carbocycles.